The molecule has 1 aromatic carbocycles. The van der Waals surface area contributed by atoms with E-state index in [2.05, 4.69) is 21.3 Å². The fourth-order valence-electron chi connectivity index (χ4n) is 3.51. The highest BCUT2D eigenvalue weighted by molar-refractivity contribution is 6.32. The Labute approximate surface area is 157 Å². The summed E-state index contributed by atoms with van der Waals surface area (Å²) < 4.78 is 11.3. The first kappa shape index (κ1) is 17.1. The minimum absolute atomic E-state index is 0.0932. The second-order valence-electron chi connectivity index (χ2n) is 6.42. The van der Waals surface area contributed by atoms with Crippen LogP contribution >= 0.6 is 11.6 Å². The molecule has 0 saturated carbocycles. The third-order valence-electron chi connectivity index (χ3n) is 4.69. The van der Waals surface area contributed by atoms with Gasteiger partial charge in [-0.1, -0.05) is 17.7 Å². The third kappa shape index (κ3) is 3.61. The van der Waals surface area contributed by atoms with E-state index in [9.17, 15) is 4.79 Å². The van der Waals surface area contributed by atoms with E-state index < -0.39 is 0 Å². The SMILES string of the molecule is O=C(CN1CCCC1c1ccc2c(c1)OCCO2)Nc1cccnc1Cl. The highest BCUT2D eigenvalue weighted by Gasteiger charge is 2.28. The smallest absolute Gasteiger partial charge is 0.238 e. The van der Waals surface area contributed by atoms with Crippen molar-refractivity contribution in [3.05, 3.63) is 47.2 Å². The first-order chi connectivity index (χ1) is 12.7. The van der Waals surface area contributed by atoms with E-state index in [4.69, 9.17) is 21.1 Å². The Bertz CT molecular complexity index is 814. The second-order valence-corrected chi connectivity index (χ2v) is 6.78. The standard InChI is InChI=1S/C19H20ClN3O3/c20-19-14(3-1-7-21-19)22-18(24)12-23-8-2-4-15(23)13-5-6-16-17(11-13)26-10-9-25-16/h1,3,5-7,11,15H,2,4,8-10,12H2,(H,22,24). The number of carbonyl (C=O) groups excluding carboxylic acids is 1. The molecule has 3 heterocycles. The zero-order valence-electron chi connectivity index (χ0n) is 14.3. The molecule has 136 valence electrons. The number of fused-ring (bicyclic) bond motifs is 1. The minimum atomic E-state index is -0.0932. The molecule has 0 aliphatic carbocycles. The zero-order chi connectivity index (χ0) is 17.9. The van der Waals surface area contributed by atoms with Gasteiger partial charge in [0.05, 0.1) is 12.2 Å². The lowest BCUT2D eigenvalue weighted by Gasteiger charge is -2.26. The molecule has 2 aromatic rings. The molecule has 26 heavy (non-hydrogen) atoms. The molecule has 1 N–H and O–H groups in total. The lowest BCUT2D eigenvalue weighted by molar-refractivity contribution is -0.117. The van der Waals surface area contributed by atoms with Crippen LogP contribution in [-0.2, 0) is 4.79 Å². The van der Waals surface area contributed by atoms with Gasteiger partial charge < -0.3 is 14.8 Å². The maximum Gasteiger partial charge on any atom is 0.238 e. The maximum absolute atomic E-state index is 12.4. The second kappa shape index (κ2) is 7.51. The third-order valence-corrected chi connectivity index (χ3v) is 5.00. The number of halogens is 1. The van der Waals surface area contributed by atoms with E-state index in [-0.39, 0.29) is 11.9 Å². The van der Waals surface area contributed by atoms with Crippen LogP contribution in [0.15, 0.2) is 36.5 Å². The van der Waals surface area contributed by atoms with Gasteiger partial charge in [-0.3, -0.25) is 9.69 Å². The number of pyridine rings is 1. The van der Waals surface area contributed by atoms with Crippen LogP contribution in [0.25, 0.3) is 0 Å². The monoisotopic (exact) mass is 373 g/mol. The van der Waals surface area contributed by atoms with Gasteiger partial charge in [0.1, 0.15) is 13.2 Å². The van der Waals surface area contributed by atoms with Gasteiger partial charge in [-0.2, -0.15) is 0 Å². The van der Waals surface area contributed by atoms with Crippen molar-refractivity contribution in [1.29, 1.82) is 0 Å². The summed E-state index contributed by atoms with van der Waals surface area (Å²) in [6.45, 7) is 2.34. The van der Waals surface area contributed by atoms with Gasteiger partial charge in [-0.25, -0.2) is 4.98 Å². The summed E-state index contributed by atoms with van der Waals surface area (Å²) in [5.74, 6) is 1.48. The summed E-state index contributed by atoms with van der Waals surface area (Å²) in [6.07, 6.45) is 3.66. The quantitative estimate of drug-likeness (QED) is 0.833. The van der Waals surface area contributed by atoms with Crippen LogP contribution in [0, 0.1) is 0 Å². The van der Waals surface area contributed by atoms with Gasteiger partial charge in [0, 0.05) is 12.2 Å². The number of hydrogen-bond donors (Lipinski definition) is 1. The summed E-state index contributed by atoms with van der Waals surface area (Å²) in [6, 6.07) is 9.74. The number of nitrogens with zero attached hydrogens (tertiary/aromatic N) is 2. The molecule has 0 bridgehead atoms. The molecule has 0 spiro atoms. The van der Waals surface area contributed by atoms with E-state index in [1.54, 1.807) is 18.3 Å². The summed E-state index contributed by atoms with van der Waals surface area (Å²) >= 11 is 6.01. The fourth-order valence-corrected chi connectivity index (χ4v) is 3.68. The number of amides is 1. The van der Waals surface area contributed by atoms with E-state index in [1.165, 1.54) is 0 Å². The number of rotatable bonds is 4. The van der Waals surface area contributed by atoms with Crippen molar-refractivity contribution in [1.82, 2.24) is 9.88 Å². The molecule has 2 aliphatic heterocycles. The molecule has 1 unspecified atom stereocenters. The van der Waals surface area contributed by atoms with E-state index in [0.29, 0.717) is 30.6 Å². The lowest BCUT2D eigenvalue weighted by Crippen LogP contribution is -2.33. The van der Waals surface area contributed by atoms with Crippen LogP contribution < -0.4 is 14.8 Å². The first-order valence-electron chi connectivity index (χ1n) is 8.75. The number of ether oxygens (including phenoxy) is 2. The summed E-state index contributed by atoms with van der Waals surface area (Å²) in [7, 11) is 0. The molecule has 6 nitrogen and oxygen atoms in total. The van der Waals surface area contributed by atoms with Crippen molar-refractivity contribution in [2.75, 3.05) is 31.6 Å². The lowest BCUT2D eigenvalue weighted by atomic mass is 10.0. The Kier molecular flexibility index (Phi) is 4.95. The molecular formula is C19H20ClN3O3. The number of likely N-dealkylation sites (tertiary alicyclic amines) is 1. The first-order valence-corrected chi connectivity index (χ1v) is 9.12. The number of hydrogen-bond acceptors (Lipinski definition) is 5. The van der Waals surface area contributed by atoms with Gasteiger partial charge in [0.2, 0.25) is 5.91 Å². The van der Waals surface area contributed by atoms with Crippen LogP contribution in [0.3, 0.4) is 0 Å². The topological polar surface area (TPSA) is 63.7 Å². The normalized spacial score (nSPS) is 19.3. The fraction of sp³-hybridized carbons (Fsp3) is 0.368. The van der Waals surface area contributed by atoms with Crippen molar-refractivity contribution < 1.29 is 14.3 Å². The highest BCUT2D eigenvalue weighted by Crippen LogP contribution is 2.37. The molecule has 2 aliphatic rings. The Morgan fingerprint density at radius 2 is 2.12 bits per heavy atom. The molecule has 1 atom stereocenters. The summed E-state index contributed by atoms with van der Waals surface area (Å²) in [4.78, 5) is 18.6. The molecule has 4 rings (SSSR count). The highest BCUT2D eigenvalue weighted by atomic mass is 35.5. The largest absolute Gasteiger partial charge is 0.486 e. The number of anilines is 1. The average Bonchev–Trinajstić information content (AvgIpc) is 3.11. The number of nitrogens with one attached hydrogen (secondary N) is 1. The van der Waals surface area contributed by atoms with Crippen molar-refractivity contribution in [3.63, 3.8) is 0 Å². The predicted octanol–water partition coefficient (Wildman–Crippen LogP) is 3.28. The van der Waals surface area contributed by atoms with Crippen LogP contribution in [0.4, 0.5) is 5.69 Å². The Morgan fingerprint density at radius 1 is 1.27 bits per heavy atom. The summed E-state index contributed by atoms with van der Waals surface area (Å²) in [5.41, 5.74) is 1.69. The van der Waals surface area contributed by atoms with Crippen LogP contribution in [0.5, 0.6) is 11.5 Å². The van der Waals surface area contributed by atoms with Crippen molar-refractivity contribution in [2.24, 2.45) is 0 Å². The van der Waals surface area contributed by atoms with Crippen LogP contribution in [-0.4, -0.2) is 42.1 Å². The van der Waals surface area contributed by atoms with Crippen molar-refractivity contribution >= 4 is 23.2 Å². The molecule has 1 amide bonds. The summed E-state index contributed by atoms with van der Waals surface area (Å²) in [5, 5.41) is 3.14. The van der Waals surface area contributed by atoms with E-state index >= 15 is 0 Å². The maximum atomic E-state index is 12.4. The zero-order valence-corrected chi connectivity index (χ0v) is 15.0. The number of benzene rings is 1. The van der Waals surface area contributed by atoms with Crippen molar-refractivity contribution in [3.8, 4) is 11.5 Å². The predicted molar refractivity (Wildman–Crippen MR) is 98.9 cm³/mol. The van der Waals surface area contributed by atoms with Crippen molar-refractivity contribution in [2.45, 2.75) is 18.9 Å². The molecular weight excluding hydrogens is 354 g/mol. The molecule has 1 fully saturated rings. The van der Waals surface area contributed by atoms with Gasteiger partial charge >= 0.3 is 0 Å². The molecule has 1 saturated heterocycles. The minimum Gasteiger partial charge on any atom is -0.486 e. The Morgan fingerprint density at radius 3 is 2.96 bits per heavy atom. The average molecular weight is 374 g/mol. The molecule has 0 radical (unpaired) electrons. The molecule has 1 aromatic heterocycles. The van der Waals surface area contributed by atoms with Crippen LogP contribution in [0.1, 0.15) is 24.4 Å². The number of carbonyl (C=O) groups is 1. The van der Waals surface area contributed by atoms with E-state index in [0.717, 1.165) is 36.4 Å². The molecule has 7 heteroatoms. The van der Waals surface area contributed by atoms with Gasteiger partial charge in [-0.15, -0.1) is 0 Å². The van der Waals surface area contributed by atoms with Gasteiger partial charge in [0.15, 0.2) is 16.7 Å². The Hall–Kier alpha value is -2.31. The van der Waals surface area contributed by atoms with Gasteiger partial charge in [-0.05, 0) is 49.2 Å². The number of aromatic nitrogens is 1. The Balaban J connectivity index is 1.45. The van der Waals surface area contributed by atoms with Gasteiger partial charge in [0.25, 0.3) is 0 Å². The van der Waals surface area contributed by atoms with E-state index in [1.807, 2.05) is 12.1 Å². The van der Waals surface area contributed by atoms with Crippen LogP contribution in [0.2, 0.25) is 5.15 Å².